The molecule has 4 nitrogen and oxygen atoms in total. The van der Waals surface area contributed by atoms with Crippen LogP contribution in [-0.2, 0) is 0 Å². The van der Waals surface area contributed by atoms with Gasteiger partial charge in [0.15, 0.2) is 0 Å². The van der Waals surface area contributed by atoms with Crippen LogP contribution in [0.15, 0.2) is 42.6 Å². The molecule has 0 unspecified atom stereocenters. The fraction of sp³-hybridized carbons (Fsp3) is 0.250. The van der Waals surface area contributed by atoms with Crippen LogP contribution in [0.5, 0.6) is 0 Å². The zero-order chi connectivity index (χ0) is 15.2. The van der Waals surface area contributed by atoms with Crippen LogP contribution in [0.1, 0.15) is 24.2 Å². The van der Waals surface area contributed by atoms with Crippen molar-refractivity contribution in [3.05, 3.63) is 53.2 Å². The van der Waals surface area contributed by atoms with Gasteiger partial charge in [0.25, 0.3) is 5.91 Å². The highest BCUT2D eigenvalue weighted by Gasteiger charge is 2.06. The van der Waals surface area contributed by atoms with E-state index in [1.807, 2.05) is 12.1 Å². The smallest absolute Gasteiger partial charge is 0.255 e. The molecule has 110 valence electrons. The molecule has 1 amide bonds. The van der Waals surface area contributed by atoms with E-state index >= 15 is 0 Å². The van der Waals surface area contributed by atoms with Gasteiger partial charge in [0.05, 0.1) is 11.9 Å². The molecule has 2 N–H and O–H groups in total. The number of carbonyl (C=O) groups is 1. The van der Waals surface area contributed by atoms with Gasteiger partial charge in [-0.1, -0.05) is 31.5 Å². The van der Waals surface area contributed by atoms with Crippen molar-refractivity contribution in [3.63, 3.8) is 0 Å². The van der Waals surface area contributed by atoms with E-state index in [1.165, 1.54) is 0 Å². The molecule has 0 bridgehead atoms. The topological polar surface area (TPSA) is 54.0 Å². The van der Waals surface area contributed by atoms with Gasteiger partial charge in [-0.15, -0.1) is 0 Å². The maximum absolute atomic E-state index is 12.1. The van der Waals surface area contributed by atoms with Crippen LogP contribution >= 0.6 is 11.6 Å². The Morgan fingerprint density at radius 3 is 2.71 bits per heavy atom. The number of nitrogens with one attached hydrogen (secondary N) is 2. The van der Waals surface area contributed by atoms with Crippen molar-refractivity contribution in [3.8, 4) is 0 Å². The second-order valence-electron chi connectivity index (χ2n) is 5.17. The number of rotatable bonds is 5. The van der Waals surface area contributed by atoms with Crippen molar-refractivity contribution >= 4 is 29.0 Å². The Labute approximate surface area is 129 Å². The Kier molecular flexibility index (Phi) is 5.17. The Hall–Kier alpha value is -2.07. The summed E-state index contributed by atoms with van der Waals surface area (Å²) in [4.78, 5) is 16.3. The summed E-state index contributed by atoms with van der Waals surface area (Å²) in [6.45, 7) is 5.13. The van der Waals surface area contributed by atoms with Gasteiger partial charge >= 0.3 is 0 Å². The minimum absolute atomic E-state index is 0.206. The number of aromatic nitrogens is 1. The molecule has 0 atom stereocenters. The summed E-state index contributed by atoms with van der Waals surface area (Å²) in [7, 11) is 0. The van der Waals surface area contributed by atoms with Crippen LogP contribution in [-0.4, -0.2) is 17.4 Å². The van der Waals surface area contributed by atoms with Crippen molar-refractivity contribution in [2.45, 2.75) is 13.8 Å². The second kappa shape index (κ2) is 7.09. The lowest BCUT2D eigenvalue weighted by Gasteiger charge is -2.09. The highest BCUT2D eigenvalue weighted by atomic mass is 35.5. The average Bonchev–Trinajstić information content (AvgIpc) is 2.46. The zero-order valence-electron chi connectivity index (χ0n) is 12.1. The lowest BCUT2D eigenvalue weighted by Crippen LogP contribution is -2.12. The standard InChI is InChI=1S/C16H18ClN3O/c1-11(2)9-18-15-7-6-14(10-19-15)20-16(21)12-4-3-5-13(17)8-12/h3-8,10-11H,9H2,1-2H3,(H,18,19)(H,20,21). The molecule has 0 radical (unpaired) electrons. The number of benzene rings is 1. The fourth-order valence-corrected chi connectivity index (χ4v) is 1.90. The van der Waals surface area contributed by atoms with Crippen LogP contribution in [0.3, 0.4) is 0 Å². The van der Waals surface area contributed by atoms with E-state index in [0.29, 0.717) is 22.2 Å². The van der Waals surface area contributed by atoms with E-state index < -0.39 is 0 Å². The minimum atomic E-state index is -0.206. The van der Waals surface area contributed by atoms with E-state index in [0.717, 1.165) is 12.4 Å². The number of halogens is 1. The van der Waals surface area contributed by atoms with Gasteiger partial charge in [-0.2, -0.15) is 0 Å². The quantitative estimate of drug-likeness (QED) is 0.876. The highest BCUT2D eigenvalue weighted by Crippen LogP contribution is 2.14. The van der Waals surface area contributed by atoms with Gasteiger partial charge in [0.2, 0.25) is 0 Å². The van der Waals surface area contributed by atoms with E-state index in [9.17, 15) is 4.79 Å². The SMILES string of the molecule is CC(C)CNc1ccc(NC(=O)c2cccc(Cl)c2)cn1. The highest BCUT2D eigenvalue weighted by molar-refractivity contribution is 6.31. The molecule has 1 heterocycles. The van der Waals surface area contributed by atoms with E-state index in [4.69, 9.17) is 11.6 Å². The van der Waals surface area contributed by atoms with Crippen molar-refractivity contribution < 1.29 is 4.79 Å². The molecule has 0 saturated carbocycles. The third-order valence-electron chi connectivity index (χ3n) is 2.80. The van der Waals surface area contributed by atoms with Crippen LogP contribution in [0, 0.1) is 5.92 Å². The predicted molar refractivity (Wildman–Crippen MR) is 87.0 cm³/mol. The number of hydrogen-bond acceptors (Lipinski definition) is 3. The zero-order valence-corrected chi connectivity index (χ0v) is 12.8. The molecule has 2 rings (SSSR count). The van der Waals surface area contributed by atoms with Crippen molar-refractivity contribution in [1.82, 2.24) is 4.98 Å². The minimum Gasteiger partial charge on any atom is -0.370 e. The van der Waals surface area contributed by atoms with Crippen LogP contribution in [0.4, 0.5) is 11.5 Å². The Bertz CT molecular complexity index is 611. The Morgan fingerprint density at radius 2 is 2.10 bits per heavy atom. The van der Waals surface area contributed by atoms with E-state index in [1.54, 1.807) is 30.5 Å². The van der Waals surface area contributed by atoms with Crippen LogP contribution in [0.2, 0.25) is 5.02 Å². The third kappa shape index (κ3) is 4.76. The van der Waals surface area contributed by atoms with Gasteiger partial charge < -0.3 is 10.6 Å². The van der Waals surface area contributed by atoms with Crippen LogP contribution < -0.4 is 10.6 Å². The van der Waals surface area contributed by atoms with Crippen molar-refractivity contribution in [1.29, 1.82) is 0 Å². The fourth-order valence-electron chi connectivity index (χ4n) is 1.71. The van der Waals surface area contributed by atoms with Gasteiger partial charge in [0, 0.05) is 17.1 Å². The van der Waals surface area contributed by atoms with Gasteiger partial charge in [-0.3, -0.25) is 4.79 Å². The molecule has 0 fully saturated rings. The molecule has 0 spiro atoms. The summed E-state index contributed by atoms with van der Waals surface area (Å²) in [6, 6.07) is 10.5. The second-order valence-corrected chi connectivity index (χ2v) is 5.61. The van der Waals surface area contributed by atoms with Gasteiger partial charge in [0.1, 0.15) is 5.82 Å². The molecule has 0 aliphatic heterocycles. The molecular formula is C16H18ClN3O. The first-order valence-corrected chi connectivity index (χ1v) is 7.19. The lowest BCUT2D eigenvalue weighted by molar-refractivity contribution is 0.102. The maximum atomic E-state index is 12.1. The molecule has 0 saturated heterocycles. The summed E-state index contributed by atoms with van der Waals surface area (Å²) in [5.41, 5.74) is 1.17. The molecule has 1 aromatic carbocycles. The number of nitrogens with zero attached hydrogens (tertiary/aromatic N) is 1. The average molecular weight is 304 g/mol. The summed E-state index contributed by atoms with van der Waals surface area (Å²) in [5, 5.41) is 6.55. The number of amides is 1. The Morgan fingerprint density at radius 1 is 1.29 bits per heavy atom. The van der Waals surface area contributed by atoms with Gasteiger partial charge in [-0.05, 0) is 36.2 Å². The molecular weight excluding hydrogens is 286 g/mol. The summed E-state index contributed by atoms with van der Waals surface area (Å²) in [5.74, 6) is 1.14. The van der Waals surface area contributed by atoms with Crippen molar-refractivity contribution in [2.24, 2.45) is 5.92 Å². The maximum Gasteiger partial charge on any atom is 0.255 e. The number of anilines is 2. The third-order valence-corrected chi connectivity index (χ3v) is 3.03. The normalized spacial score (nSPS) is 10.5. The molecule has 0 aliphatic rings. The summed E-state index contributed by atoms with van der Waals surface area (Å²) in [6.07, 6.45) is 1.63. The van der Waals surface area contributed by atoms with E-state index in [2.05, 4.69) is 29.5 Å². The van der Waals surface area contributed by atoms with Crippen molar-refractivity contribution in [2.75, 3.05) is 17.2 Å². The van der Waals surface area contributed by atoms with Crippen LogP contribution in [0.25, 0.3) is 0 Å². The van der Waals surface area contributed by atoms with E-state index in [-0.39, 0.29) is 5.91 Å². The summed E-state index contributed by atoms with van der Waals surface area (Å²) < 4.78 is 0. The Balaban J connectivity index is 1.98. The molecule has 1 aromatic heterocycles. The van der Waals surface area contributed by atoms with Gasteiger partial charge in [-0.25, -0.2) is 4.98 Å². The number of carbonyl (C=O) groups excluding carboxylic acids is 1. The lowest BCUT2D eigenvalue weighted by atomic mass is 10.2. The number of pyridine rings is 1. The molecule has 21 heavy (non-hydrogen) atoms. The first-order valence-electron chi connectivity index (χ1n) is 6.81. The molecule has 5 heteroatoms. The molecule has 2 aromatic rings. The predicted octanol–water partition coefficient (Wildman–Crippen LogP) is 4.06. The number of hydrogen-bond donors (Lipinski definition) is 2. The largest absolute Gasteiger partial charge is 0.370 e. The summed E-state index contributed by atoms with van der Waals surface area (Å²) >= 11 is 5.87. The first kappa shape index (κ1) is 15.3. The molecule has 0 aliphatic carbocycles. The first-order chi connectivity index (χ1) is 10.0. The monoisotopic (exact) mass is 303 g/mol.